The number of pyridine rings is 1. The Labute approximate surface area is 378 Å². The van der Waals surface area contributed by atoms with Gasteiger partial charge in [0, 0.05) is 43.8 Å². The maximum Gasteiger partial charge on any atom is 0.164 e. The molecule has 65 heavy (non-hydrogen) atoms. The van der Waals surface area contributed by atoms with E-state index >= 15 is 0 Å². The lowest BCUT2D eigenvalue weighted by Gasteiger charge is -2.22. The van der Waals surface area contributed by atoms with Gasteiger partial charge in [-0.05, 0) is 73.8 Å². The van der Waals surface area contributed by atoms with Crippen LogP contribution in [-0.4, -0.2) is 19.9 Å². The highest BCUT2D eigenvalue weighted by Gasteiger charge is 2.35. The van der Waals surface area contributed by atoms with Gasteiger partial charge in [0.1, 0.15) is 0 Å². The van der Waals surface area contributed by atoms with Crippen LogP contribution < -0.4 is 0 Å². The first-order valence-corrected chi connectivity index (χ1v) is 22.2. The maximum atomic E-state index is 5.16. The Balaban J connectivity index is 0.888. The van der Waals surface area contributed by atoms with E-state index in [0.717, 1.165) is 66.5 Å². The van der Waals surface area contributed by atoms with Crippen molar-refractivity contribution in [3.8, 4) is 89.9 Å². The van der Waals surface area contributed by atoms with Gasteiger partial charge in [0.15, 0.2) is 17.5 Å². The van der Waals surface area contributed by atoms with Crippen molar-refractivity contribution in [1.29, 1.82) is 0 Å². The molecule has 0 saturated heterocycles. The van der Waals surface area contributed by atoms with Crippen LogP contribution in [-0.2, 0) is 5.41 Å². The van der Waals surface area contributed by atoms with Crippen LogP contribution >= 0.6 is 0 Å². The summed E-state index contributed by atoms with van der Waals surface area (Å²) < 4.78 is 0. The van der Waals surface area contributed by atoms with Crippen molar-refractivity contribution in [2.45, 2.75) is 19.3 Å². The van der Waals surface area contributed by atoms with E-state index in [-0.39, 0.29) is 5.41 Å². The van der Waals surface area contributed by atoms with E-state index in [9.17, 15) is 0 Å². The van der Waals surface area contributed by atoms with E-state index < -0.39 is 0 Å². The number of hydrogen-bond acceptors (Lipinski definition) is 4. The molecule has 12 rings (SSSR count). The zero-order valence-corrected chi connectivity index (χ0v) is 36.1. The summed E-state index contributed by atoms with van der Waals surface area (Å²) in [7, 11) is 0. The number of nitrogens with zero attached hydrogens (tertiary/aromatic N) is 4. The topological polar surface area (TPSA) is 51.6 Å². The summed E-state index contributed by atoms with van der Waals surface area (Å²) in [4.78, 5) is 20.4. The highest BCUT2D eigenvalue weighted by molar-refractivity contribution is 6.17. The van der Waals surface area contributed by atoms with Crippen molar-refractivity contribution in [3.05, 3.63) is 230 Å². The largest absolute Gasteiger partial charge is 0.247 e. The van der Waals surface area contributed by atoms with Gasteiger partial charge in [-0.3, -0.25) is 0 Å². The second-order valence-corrected chi connectivity index (χ2v) is 17.4. The lowest BCUT2D eigenvalue weighted by molar-refractivity contribution is 0.660. The molecule has 9 aromatic carbocycles. The zero-order chi connectivity index (χ0) is 43.5. The van der Waals surface area contributed by atoms with Crippen LogP contribution in [0.2, 0.25) is 0 Å². The Morgan fingerprint density at radius 1 is 0.292 bits per heavy atom. The van der Waals surface area contributed by atoms with Gasteiger partial charge in [-0.1, -0.05) is 214 Å². The Bertz CT molecular complexity index is 3600. The van der Waals surface area contributed by atoms with Crippen LogP contribution in [0.1, 0.15) is 25.0 Å². The highest BCUT2D eigenvalue weighted by Crippen LogP contribution is 2.49. The molecule has 0 fully saturated rings. The normalized spacial score (nSPS) is 12.6. The van der Waals surface area contributed by atoms with E-state index in [1.165, 1.54) is 38.8 Å². The number of fused-ring (bicyclic) bond motifs is 6. The van der Waals surface area contributed by atoms with Crippen molar-refractivity contribution < 1.29 is 0 Å². The Morgan fingerprint density at radius 3 is 1.51 bits per heavy atom. The van der Waals surface area contributed by atoms with Crippen molar-refractivity contribution in [3.63, 3.8) is 0 Å². The van der Waals surface area contributed by atoms with Gasteiger partial charge in [-0.2, -0.15) is 0 Å². The second-order valence-electron chi connectivity index (χ2n) is 17.4. The Morgan fingerprint density at radius 2 is 0.769 bits per heavy atom. The molecule has 0 radical (unpaired) electrons. The molecule has 0 unspecified atom stereocenters. The average molecular weight is 831 g/mol. The third kappa shape index (κ3) is 6.70. The van der Waals surface area contributed by atoms with Crippen molar-refractivity contribution in [2.24, 2.45) is 0 Å². The summed E-state index contributed by atoms with van der Waals surface area (Å²) in [6, 6.07) is 77.4. The van der Waals surface area contributed by atoms with Crippen LogP contribution in [0.3, 0.4) is 0 Å². The van der Waals surface area contributed by atoms with Crippen LogP contribution in [0.25, 0.3) is 112 Å². The summed E-state index contributed by atoms with van der Waals surface area (Å²) >= 11 is 0. The number of rotatable bonds is 7. The molecule has 0 spiro atoms. The molecule has 0 atom stereocenters. The molecule has 0 bridgehead atoms. The summed E-state index contributed by atoms with van der Waals surface area (Å²) in [5.74, 6) is 1.90. The van der Waals surface area contributed by atoms with Gasteiger partial charge in [-0.25, -0.2) is 19.9 Å². The predicted octanol–water partition coefficient (Wildman–Crippen LogP) is 15.5. The van der Waals surface area contributed by atoms with Crippen LogP contribution in [0.5, 0.6) is 0 Å². The van der Waals surface area contributed by atoms with Crippen molar-refractivity contribution >= 4 is 21.7 Å². The van der Waals surface area contributed by atoms with Gasteiger partial charge in [0.25, 0.3) is 0 Å². The van der Waals surface area contributed by atoms with Crippen LogP contribution in [0.4, 0.5) is 0 Å². The first-order valence-electron chi connectivity index (χ1n) is 22.2. The molecule has 0 saturated carbocycles. The van der Waals surface area contributed by atoms with Crippen LogP contribution in [0.15, 0.2) is 218 Å². The zero-order valence-electron chi connectivity index (χ0n) is 36.1. The van der Waals surface area contributed by atoms with Gasteiger partial charge >= 0.3 is 0 Å². The van der Waals surface area contributed by atoms with Gasteiger partial charge in [0.05, 0.1) is 11.2 Å². The van der Waals surface area contributed by atoms with Crippen LogP contribution in [0, 0.1) is 0 Å². The first kappa shape index (κ1) is 38.3. The summed E-state index contributed by atoms with van der Waals surface area (Å²) in [5.41, 5.74) is 18.1. The molecule has 0 amide bonds. The van der Waals surface area contributed by atoms with Crippen molar-refractivity contribution in [1.82, 2.24) is 19.9 Å². The van der Waals surface area contributed by atoms with Gasteiger partial charge in [0.2, 0.25) is 0 Å². The fourth-order valence-electron chi connectivity index (χ4n) is 9.79. The minimum absolute atomic E-state index is 0.0587. The first-order chi connectivity index (χ1) is 32.0. The van der Waals surface area contributed by atoms with E-state index in [1.807, 2.05) is 24.3 Å². The van der Waals surface area contributed by atoms with Gasteiger partial charge in [-0.15, -0.1) is 0 Å². The minimum atomic E-state index is -0.0587. The van der Waals surface area contributed by atoms with E-state index in [2.05, 4.69) is 208 Å². The van der Waals surface area contributed by atoms with E-state index in [0.29, 0.717) is 17.5 Å². The molecule has 0 N–H and O–H groups in total. The molecule has 4 nitrogen and oxygen atoms in total. The molecular formula is C61H42N4. The molecule has 2 heterocycles. The second kappa shape index (κ2) is 15.5. The highest BCUT2D eigenvalue weighted by atomic mass is 15.0. The molecule has 4 heteroatoms. The quantitative estimate of drug-likeness (QED) is 0.150. The van der Waals surface area contributed by atoms with E-state index in [4.69, 9.17) is 19.9 Å². The summed E-state index contributed by atoms with van der Waals surface area (Å²) in [6.45, 7) is 4.65. The molecular weight excluding hydrogens is 789 g/mol. The summed E-state index contributed by atoms with van der Waals surface area (Å²) in [6.07, 6.45) is 0. The molecule has 306 valence electrons. The van der Waals surface area contributed by atoms with E-state index in [1.54, 1.807) is 0 Å². The molecule has 1 aliphatic rings. The third-order valence-electron chi connectivity index (χ3n) is 13.1. The minimum Gasteiger partial charge on any atom is -0.247 e. The average Bonchev–Trinajstić information content (AvgIpc) is 3.61. The molecule has 0 aliphatic heterocycles. The molecule has 11 aromatic rings. The van der Waals surface area contributed by atoms with Gasteiger partial charge < -0.3 is 0 Å². The number of aromatic nitrogens is 4. The monoisotopic (exact) mass is 830 g/mol. The predicted molar refractivity (Wildman–Crippen MR) is 268 cm³/mol. The lowest BCUT2D eigenvalue weighted by atomic mass is 9.81. The molecule has 2 aromatic heterocycles. The van der Waals surface area contributed by atoms with Crippen molar-refractivity contribution in [2.75, 3.05) is 0 Å². The summed E-state index contributed by atoms with van der Waals surface area (Å²) in [5, 5.41) is 3.49. The Kier molecular flexibility index (Phi) is 9.13. The maximum absolute atomic E-state index is 5.16. The Hall–Kier alpha value is -8.34. The SMILES string of the molecule is CC1(C)c2ccccc2-c2ccc(-c3ccc(-c4nc(-c5ccccc5)nc(-c5cccc(-c6ccc(-c7cccc8c(-c9ccccc9)nc9ccccc9c78)cc6)c5)n4)cc3)cc21. The smallest absolute Gasteiger partial charge is 0.164 e. The lowest BCUT2D eigenvalue weighted by Crippen LogP contribution is -2.14. The number of para-hydroxylation sites is 1. The number of benzene rings is 9. The third-order valence-corrected chi connectivity index (χ3v) is 13.1. The molecule has 1 aliphatic carbocycles. The number of hydrogen-bond donors (Lipinski definition) is 0. The fraction of sp³-hybridized carbons (Fsp3) is 0.0492. The fourth-order valence-corrected chi connectivity index (χ4v) is 9.79. The standard InChI is InChI=1S/C61H42N4/c1-61(2)53-25-11-9-21-49(53)50-36-35-46(38-54(50)61)40-29-33-44(34-30-40)59-63-58(43-17-7-4-8-18-43)64-60(65-59)47-20-13-19-45(37-47)39-27-31-41(32-28-39)48-23-14-24-52-56(48)51-22-10-12-26-55(51)62-57(52)42-15-5-3-6-16-42/h3-38H,1-2H3.